The van der Waals surface area contributed by atoms with E-state index in [2.05, 4.69) is 4.99 Å². The molecule has 0 saturated carbocycles. The Bertz CT molecular complexity index is 1820. The SMILES string of the molecule is CCOC(=O)C1=C(C)N=c2s/c(=C\c3ccc(OC(=O)c4ccco4)c(OC)c3)c(=O)n2[C@H]1c1ccc(OC)cc1. The molecular formula is C30H26N2O8S. The summed E-state index contributed by atoms with van der Waals surface area (Å²) in [4.78, 5) is 44.2. The molecule has 5 rings (SSSR count). The van der Waals surface area contributed by atoms with Crippen molar-refractivity contribution in [3.05, 3.63) is 109 Å². The van der Waals surface area contributed by atoms with E-state index in [4.69, 9.17) is 23.4 Å². The van der Waals surface area contributed by atoms with Gasteiger partial charge in [0.1, 0.15) is 5.75 Å². The van der Waals surface area contributed by atoms with E-state index in [1.165, 1.54) is 35.3 Å². The first-order valence-electron chi connectivity index (χ1n) is 12.6. The summed E-state index contributed by atoms with van der Waals surface area (Å²) in [6.07, 6.45) is 3.07. The molecule has 0 aliphatic carbocycles. The van der Waals surface area contributed by atoms with Gasteiger partial charge in [0.25, 0.3) is 5.56 Å². The van der Waals surface area contributed by atoms with Gasteiger partial charge in [-0.25, -0.2) is 14.6 Å². The fraction of sp³-hybridized carbons (Fsp3) is 0.200. The van der Waals surface area contributed by atoms with Gasteiger partial charge in [-0.2, -0.15) is 0 Å². The number of benzene rings is 2. The Hall–Kier alpha value is -4.90. The van der Waals surface area contributed by atoms with E-state index in [0.29, 0.717) is 43.2 Å². The molecule has 4 aromatic rings. The zero-order valence-corrected chi connectivity index (χ0v) is 23.5. The minimum absolute atomic E-state index is 0.0566. The van der Waals surface area contributed by atoms with Gasteiger partial charge in [0.05, 0.1) is 48.9 Å². The average Bonchev–Trinajstić information content (AvgIpc) is 3.62. The van der Waals surface area contributed by atoms with Crippen LogP contribution in [0.2, 0.25) is 0 Å². The smallest absolute Gasteiger partial charge is 0.379 e. The highest BCUT2D eigenvalue weighted by Crippen LogP contribution is 2.32. The number of aromatic nitrogens is 1. The number of hydrogen-bond donors (Lipinski definition) is 0. The predicted octanol–water partition coefficient (Wildman–Crippen LogP) is 3.63. The zero-order valence-electron chi connectivity index (χ0n) is 22.7. The summed E-state index contributed by atoms with van der Waals surface area (Å²) >= 11 is 1.20. The summed E-state index contributed by atoms with van der Waals surface area (Å²) in [6.45, 7) is 3.64. The lowest BCUT2D eigenvalue weighted by atomic mass is 9.96. The highest BCUT2D eigenvalue weighted by atomic mass is 32.1. The number of carbonyl (C=O) groups is 2. The van der Waals surface area contributed by atoms with Crippen molar-refractivity contribution in [3.8, 4) is 17.2 Å². The van der Waals surface area contributed by atoms with Gasteiger partial charge >= 0.3 is 11.9 Å². The maximum absolute atomic E-state index is 13.8. The Morgan fingerprint density at radius 2 is 1.83 bits per heavy atom. The molecule has 1 aliphatic rings. The van der Waals surface area contributed by atoms with Gasteiger partial charge in [-0.05, 0) is 67.4 Å². The molecule has 2 aromatic carbocycles. The van der Waals surface area contributed by atoms with Crippen LogP contribution in [0.1, 0.15) is 41.6 Å². The molecule has 210 valence electrons. The Labute approximate surface area is 238 Å². The average molecular weight is 575 g/mol. The van der Waals surface area contributed by atoms with Crippen molar-refractivity contribution < 1.29 is 33.0 Å². The van der Waals surface area contributed by atoms with Crippen molar-refractivity contribution in [1.82, 2.24) is 4.57 Å². The van der Waals surface area contributed by atoms with Crippen LogP contribution in [0.4, 0.5) is 0 Å². The lowest BCUT2D eigenvalue weighted by Gasteiger charge is -2.24. The molecule has 11 heteroatoms. The summed E-state index contributed by atoms with van der Waals surface area (Å²) in [6, 6.07) is 14.4. The van der Waals surface area contributed by atoms with Crippen LogP contribution in [0, 0.1) is 0 Å². The molecule has 41 heavy (non-hydrogen) atoms. The molecule has 0 fully saturated rings. The highest BCUT2D eigenvalue weighted by molar-refractivity contribution is 7.07. The van der Waals surface area contributed by atoms with Gasteiger partial charge in [-0.15, -0.1) is 0 Å². The van der Waals surface area contributed by atoms with Crippen LogP contribution in [-0.4, -0.2) is 37.3 Å². The number of allylic oxidation sites excluding steroid dienone is 1. The molecule has 3 heterocycles. The number of thiazole rings is 1. The van der Waals surface area contributed by atoms with Gasteiger partial charge < -0.3 is 23.4 Å². The Morgan fingerprint density at radius 1 is 1.05 bits per heavy atom. The number of esters is 2. The second-order valence-corrected chi connectivity index (χ2v) is 9.86. The first-order chi connectivity index (χ1) is 19.8. The molecule has 10 nitrogen and oxygen atoms in total. The minimum Gasteiger partial charge on any atom is -0.497 e. The molecule has 0 radical (unpaired) electrons. The molecule has 1 aliphatic heterocycles. The van der Waals surface area contributed by atoms with Crippen molar-refractivity contribution in [2.75, 3.05) is 20.8 Å². The van der Waals surface area contributed by atoms with Gasteiger partial charge in [0.2, 0.25) is 5.76 Å². The largest absolute Gasteiger partial charge is 0.497 e. The van der Waals surface area contributed by atoms with Crippen LogP contribution < -0.4 is 29.1 Å². The monoisotopic (exact) mass is 574 g/mol. The fourth-order valence-electron chi connectivity index (χ4n) is 4.45. The van der Waals surface area contributed by atoms with Crippen molar-refractivity contribution in [3.63, 3.8) is 0 Å². The zero-order chi connectivity index (χ0) is 29.1. The third-order valence-corrected chi connectivity index (χ3v) is 7.34. The lowest BCUT2D eigenvalue weighted by molar-refractivity contribution is -0.139. The van der Waals surface area contributed by atoms with Crippen LogP contribution in [0.25, 0.3) is 6.08 Å². The summed E-state index contributed by atoms with van der Waals surface area (Å²) in [7, 11) is 3.02. The fourth-order valence-corrected chi connectivity index (χ4v) is 5.49. The topological polar surface area (TPSA) is 119 Å². The number of carbonyl (C=O) groups excluding carboxylic acids is 2. The molecule has 0 N–H and O–H groups in total. The molecule has 1 atom stereocenters. The number of methoxy groups -OCH3 is 2. The van der Waals surface area contributed by atoms with Crippen molar-refractivity contribution in [2.45, 2.75) is 19.9 Å². The second-order valence-electron chi connectivity index (χ2n) is 8.85. The van der Waals surface area contributed by atoms with Crippen molar-refractivity contribution in [2.24, 2.45) is 4.99 Å². The van der Waals surface area contributed by atoms with E-state index in [9.17, 15) is 14.4 Å². The molecule has 0 amide bonds. The number of rotatable bonds is 8. The van der Waals surface area contributed by atoms with Crippen LogP contribution in [0.3, 0.4) is 0 Å². The Balaban J connectivity index is 1.58. The number of ether oxygens (including phenoxy) is 4. The maximum atomic E-state index is 13.8. The summed E-state index contributed by atoms with van der Waals surface area (Å²) in [5.41, 5.74) is 1.78. The van der Waals surface area contributed by atoms with E-state index in [-0.39, 0.29) is 23.7 Å². The van der Waals surface area contributed by atoms with Gasteiger partial charge in [0.15, 0.2) is 16.3 Å². The van der Waals surface area contributed by atoms with Crippen molar-refractivity contribution in [1.29, 1.82) is 0 Å². The van der Waals surface area contributed by atoms with E-state index >= 15 is 0 Å². The maximum Gasteiger partial charge on any atom is 0.379 e. The summed E-state index contributed by atoms with van der Waals surface area (Å²) in [5, 5.41) is 0. The summed E-state index contributed by atoms with van der Waals surface area (Å²) < 4.78 is 28.5. The second kappa shape index (κ2) is 11.7. The molecular weight excluding hydrogens is 548 g/mol. The quantitative estimate of drug-likeness (QED) is 0.231. The standard InChI is InChI=1S/C30H26N2O8S/c1-5-38-29(35)25-17(2)31-30-32(26(25)19-9-11-20(36-3)12-10-19)27(33)24(41-30)16-18-8-13-21(23(15-18)37-4)40-28(34)22-7-6-14-39-22/h6-16,26H,5H2,1-4H3/b24-16-/t26-/m0/s1. The minimum atomic E-state index is -0.740. The van der Waals surface area contributed by atoms with Crippen LogP contribution in [-0.2, 0) is 9.53 Å². The molecule has 0 bridgehead atoms. The van der Waals surface area contributed by atoms with Crippen LogP contribution in [0.5, 0.6) is 17.2 Å². The highest BCUT2D eigenvalue weighted by Gasteiger charge is 2.33. The Kier molecular flexibility index (Phi) is 7.88. The van der Waals surface area contributed by atoms with Crippen LogP contribution >= 0.6 is 11.3 Å². The van der Waals surface area contributed by atoms with Gasteiger partial charge in [0, 0.05) is 0 Å². The van der Waals surface area contributed by atoms with E-state index in [0.717, 1.165) is 0 Å². The molecule has 0 spiro atoms. The van der Waals surface area contributed by atoms with Crippen LogP contribution in [0.15, 0.2) is 86.3 Å². The number of hydrogen-bond acceptors (Lipinski definition) is 10. The third-order valence-electron chi connectivity index (χ3n) is 6.36. The first-order valence-corrected chi connectivity index (χ1v) is 13.4. The molecule has 2 aromatic heterocycles. The van der Waals surface area contributed by atoms with Gasteiger partial charge in [-0.3, -0.25) is 9.36 Å². The van der Waals surface area contributed by atoms with E-state index < -0.39 is 18.0 Å². The lowest BCUT2D eigenvalue weighted by Crippen LogP contribution is -2.39. The normalized spacial score (nSPS) is 14.7. The first kappa shape index (κ1) is 27.7. The van der Waals surface area contributed by atoms with E-state index in [1.807, 2.05) is 12.1 Å². The number of nitrogens with zero attached hydrogens (tertiary/aromatic N) is 2. The van der Waals surface area contributed by atoms with E-state index in [1.54, 1.807) is 63.4 Å². The number of fused-ring (bicyclic) bond motifs is 1. The Morgan fingerprint density at radius 3 is 2.49 bits per heavy atom. The third kappa shape index (κ3) is 5.44. The van der Waals surface area contributed by atoms with Gasteiger partial charge in [-0.1, -0.05) is 29.5 Å². The number of furan rings is 1. The van der Waals surface area contributed by atoms with Crippen molar-refractivity contribution >= 4 is 29.4 Å². The molecule has 0 saturated heterocycles. The predicted molar refractivity (Wildman–Crippen MR) is 150 cm³/mol. The summed E-state index contributed by atoms with van der Waals surface area (Å²) in [5.74, 6) is -0.00783. The molecule has 0 unspecified atom stereocenters.